The van der Waals surface area contributed by atoms with Crippen LogP contribution in [0.4, 0.5) is 0 Å². The predicted octanol–water partition coefficient (Wildman–Crippen LogP) is 14.5. The minimum absolute atomic E-state index is 0.213. The van der Waals surface area contributed by atoms with Crippen LogP contribution in [0, 0.1) is 47.3 Å². The normalized spacial score (nSPS) is 33.0. The van der Waals surface area contributed by atoms with E-state index < -0.39 is 0 Å². The molecule has 0 bridgehead atoms. The summed E-state index contributed by atoms with van der Waals surface area (Å²) in [4.78, 5) is 0. The summed E-state index contributed by atoms with van der Waals surface area (Å²) in [6, 6.07) is 0. The highest BCUT2D eigenvalue weighted by molar-refractivity contribution is 4.84. The number of rotatable bonds is 23. The molecule has 0 aromatic rings. The van der Waals surface area contributed by atoms with Gasteiger partial charge >= 0.3 is 0 Å². The van der Waals surface area contributed by atoms with Crippen LogP contribution in [0.25, 0.3) is 0 Å². The average molecular weight is 671 g/mol. The largest absolute Gasteiger partial charge is 0.376 e. The molecule has 0 radical (unpaired) electrons. The van der Waals surface area contributed by atoms with Crippen LogP contribution in [0.15, 0.2) is 0 Å². The van der Waals surface area contributed by atoms with E-state index >= 15 is 0 Å². The van der Waals surface area contributed by atoms with Gasteiger partial charge in [-0.3, -0.25) is 0 Å². The third-order valence-corrected chi connectivity index (χ3v) is 14.8. The van der Waals surface area contributed by atoms with Crippen molar-refractivity contribution in [3.63, 3.8) is 0 Å². The molecule has 0 aliphatic heterocycles. The van der Waals surface area contributed by atoms with Crippen LogP contribution < -0.4 is 0 Å². The van der Waals surface area contributed by atoms with Crippen molar-refractivity contribution in [1.29, 1.82) is 0 Å². The van der Waals surface area contributed by atoms with E-state index in [0.717, 1.165) is 60.6 Å². The average Bonchev–Trinajstić information content (AvgIpc) is 3.12. The van der Waals surface area contributed by atoms with Gasteiger partial charge in [-0.1, -0.05) is 142 Å². The molecule has 0 saturated heterocycles. The molecule has 0 heterocycles. The summed E-state index contributed by atoms with van der Waals surface area (Å²) in [5.41, 5.74) is 0. The van der Waals surface area contributed by atoms with Crippen molar-refractivity contribution in [2.45, 2.75) is 233 Å². The first kappa shape index (κ1) is 40.7. The Hall–Kier alpha value is -0.0800. The summed E-state index contributed by atoms with van der Waals surface area (Å²) in [6.07, 6.45) is 44.6. The third-order valence-electron chi connectivity index (χ3n) is 14.8. The summed E-state index contributed by atoms with van der Waals surface area (Å²) < 4.78 is 12.7. The van der Waals surface area contributed by atoms with Crippen LogP contribution in [-0.4, -0.2) is 25.4 Å². The SMILES string of the molecule is CCCCCCC[C@H]1CC[C@H](C2CCC(CCOC(C)C(C)OCCC3CCC([C@H]4CC[C@H](CCCCCCC)CC4)CC3)CC2)CC1. The maximum atomic E-state index is 6.36. The molecule has 0 aromatic heterocycles. The molecule has 4 aliphatic rings. The van der Waals surface area contributed by atoms with Crippen molar-refractivity contribution >= 4 is 0 Å². The molecule has 4 aliphatic carbocycles. The van der Waals surface area contributed by atoms with Gasteiger partial charge in [0.05, 0.1) is 12.2 Å². The molecule has 282 valence electrons. The van der Waals surface area contributed by atoms with Gasteiger partial charge < -0.3 is 9.47 Å². The van der Waals surface area contributed by atoms with Gasteiger partial charge in [-0.15, -0.1) is 0 Å². The predicted molar refractivity (Wildman–Crippen MR) is 209 cm³/mol. The van der Waals surface area contributed by atoms with Gasteiger partial charge in [0.2, 0.25) is 0 Å². The van der Waals surface area contributed by atoms with Crippen molar-refractivity contribution in [1.82, 2.24) is 0 Å². The monoisotopic (exact) mass is 671 g/mol. The lowest BCUT2D eigenvalue weighted by atomic mass is 9.68. The van der Waals surface area contributed by atoms with Gasteiger partial charge in [0, 0.05) is 13.2 Å². The smallest absolute Gasteiger partial charge is 0.0805 e. The van der Waals surface area contributed by atoms with Crippen molar-refractivity contribution in [2.24, 2.45) is 47.3 Å². The molecule has 2 unspecified atom stereocenters. The first-order valence-electron chi connectivity index (χ1n) is 22.8. The second-order valence-corrected chi connectivity index (χ2v) is 18.3. The zero-order valence-electron chi connectivity index (χ0n) is 33.2. The first-order valence-corrected chi connectivity index (χ1v) is 22.8. The maximum Gasteiger partial charge on any atom is 0.0805 e. The van der Waals surface area contributed by atoms with Gasteiger partial charge in [-0.25, -0.2) is 0 Å². The van der Waals surface area contributed by atoms with Crippen molar-refractivity contribution in [3.05, 3.63) is 0 Å². The summed E-state index contributed by atoms with van der Waals surface area (Å²) in [5, 5.41) is 0. The van der Waals surface area contributed by atoms with Gasteiger partial charge in [0.25, 0.3) is 0 Å². The molecule has 4 rings (SSSR count). The van der Waals surface area contributed by atoms with Gasteiger partial charge in [0.15, 0.2) is 0 Å². The second-order valence-electron chi connectivity index (χ2n) is 18.3. The van der Waals surface area contributed by atoms with E-state index in [2.05, 4.69) is 27.7 Å². The van der Waals surface area contributed by atoms with Crippen LogP contribution in [-0.2, 0) is 9.47 Å². The lowest BCUT2D eigenvalue weighted by Gasteiger charge is -2.38. The third kappa shape index (κ3) is 15.3. The maximum absolute atomic E-state index is 6.36. The molecule has 0 spiro atoms. The molecule has 2 nitrogen and oxygen atoms in total. The fourth-order valence-corrected chi connectivity index (χ4v) is 11.0. The molecule has 4 fully saturated rings. The Morgan fingerprint density at radius 1 is 0.354 bits per heavy atom. The van der Waals surface area contributed by atoms with Crippen LogP contribution in [0.2, 0.25) is 0 Å². The first-order chi connectivity index (χ1) is 23.6. The van der Waals surface area contributed by atoms with Crippen molar-refractivity contribution in [3.8, 4) is 0 Å². The second kappa shape index (κ2) is 24.2. The molecule has 0 amide bonds. The van der Waals surface area contributed by atoms with Crippen LogP contribution in [0.5, 0.6) is 0 Å². The van der Waals surface area contributed by atoms with Crippen LogP contribution in [0.3, 0.4) is 0 Å². The van der Waals surface area contributed by atoms with E-state index in [9.17, 15) is 0 Å². The standard InChI is InChI=1S/C46H86O2/c1-5-7-9-11-13-15-39-17-25-43(26-18-39)45-29-21-41(22-30-45)33-35-47-37(3)38(4)48-36-34-42-23-31-46(32-24-42)44-27-19-40(20-28-44)16-14-12-10-8-6-2/h37-46H,5-36H2,1-4H3/t37?,38?,39-,40-,41?,42?,43-,44-,45?,46?. The highest BCUT2D eigenvalue weighted by Crippen LogP contribution is 2.44. The van der Waals surface area contributed by atoms with E-state index in [1.54, 1.807) is 0 Å². The fraction of sp³-hybridized carbons (Fsp3) is 1.00. The minimum atomic E-state index is 0.213. The van der Waals surface area contributed by atoms with Gasteiger partial charge in [-0.2, -0.15) is 0 Å². The van der Waals surface area contributed by atoms with Gasteiger partial charge in [0.1, 0.15) is 0 Å². The Balaban J connectivity index is 0.960. The highest BCUT2D eigenvalue weighted by Gasteiger charge is 2.32. The quantitative estimate of drug-likeness (QED) is 0.101. The zero-order valence-corrected chi connectivity index (χ0v) is 33.2. The molecule has 4 saturated carbocycles. The Morgan fingerprint density at radius 3 is 0.917 bits per heavy atom. The summed E-state index contributed by atoms with van der Waals surface area (Å²) in [6.45, 7) is 11.0. The zero-order chi connectivity index (χ0) is 33.8. The van der Waals surface area contributed by atoms with Crippen LogP contribution >= 0.6 is 0 Å². The Labute approximate surface area is 301 Å². The van der Waals surface area contributed by atoms with E-state index in [1.165, 1.54) is 193 Å². The number of hydrogen-bond donors (Lipinski definition) is 0. The van der Waals surface area contributed by atoms with Crippen LogP contribution in [0.1, 0.15) is 220 Å². The molecule has 2 heteroatoms. The Kier molecular flexibility index (Phi) is 20.5. The minimum Gasteiger partial charge on any atom is -0.376 e. The fourth-order valence-electron chi connectivity index (χ4n) is 11.0. The van der Waals surface area contributed by atoms with Crippen molar-refractivity contribution in [2.75, 3.05) is 13.2 Å². The lowest BCUT2D eigenvalue weighted by molar-refractivity contribution is -0.0635. The number of hydrogen-bond acceptors (Lipinski definition) is 2. The van der Waals surface area contributed by atoms with Crippen molar-refractivity contribution < 1.29 is 9.47 Å². The summed E-state index contributed by atoms with van der Waals surface area (Å²) in [7, 11) is 0. The summed E-state index contributed by atoms with van der Waals surface area (Å²) >= 11 is 0. The number of ether oxygens (including phenoxy) is 2. The molecule has 0 N–H and O–H groups in total. The number of unbranched alkanes of at least 4 members (excludes halogenated alkanes) is 8. The topological polar surface area (TPSA) is 18.5 Å². The lowest BCUT2D eigenvalue weighted by Crippen LogP contribution is -2.29. The van der Waals surface area contributed by atoms with E-state index in [1.807, 2.05) is 0 Å². The Morgan fingerprint density at radius 2 is 0.625 bits per heavy atom. The molecular formula is C46H86O2. The van der Waals surface area contributed by atoms with E-state index in [-0.39, 0.29) is 12.2 Å². The van der Waals surface area contributed by atoms with E-state index in [0.29, 0.717) is 0 Å². The van der Waals surface area contributed by atoms with E-state index in [4.69, 9.17) is 9.47 Å². The Bertz CT molecular complexity index is 684. The highest BCUT2D eigenvalue weighted by atomic mass is 16.5. The summed E-state index contributed by atoms with van der Waals surface area (Å²) in [5.74, 6) is 8.06. The molecule has 2 atom stereocenters. The molecule has 0 aromatic carbocycles. The molecule has 48 heavy (non-hydrogen) atoms. The molecular weight excluding hydrogens is 585 g/mol. The van der Waals surface area contributed by atoms with Gasteiger partial charge in [-0.05, 0) is 125 Å².